The van der Waals surface area contributed by atoms with E-state index in [2.05, 4.69) is 4.98 Å². The molecule has 1 aromatic heterocycles. The van der Waals surface area contributed by atoms with E-state index in [1.807, 2.05) is 31.2 Å². The maximum absolute atomic E-state index is 11.7. The van der Waals surface area contributed by atoms with Gasteiger partial charge in [0, 0.05) is 11.1 Å². The van der Waals surface area contributed by atoms with Gasteiger partial charge in [-0.2, -0.15) is 0 Å². The van der Waals surface area contributed by atoms with Crippen molar-refractivity contribution in [1.29, 1.82) is 0 Å². The molecule has 5 nitrogen and oxygen atoms in total. The molecule has 0 radical (unpaired) electrons. The van der Waals surface area contributed by atoms with E-state index in [1.54, 1.807) is 13.0 Å². The summed E-state index contributed by atoms with van der Waals surface area (Å²) in [6.07, 6.45) is -0.273. The molecule has 0 saturated carbocycles. The molecule has 0 N–H and O–H groups in total. The van der Waals surface area contributed by atoms with E-state index in [-0.39, 0.29) is 25.4 Å². The van der Waals surface area contributed by atoms with Crippen LogP contribution in [0.25, 0.3) is 10.9 Å². The Morgan fingerprint density at radius 1 is 1.19 bits per heavy atom. The standard InChI is InChI=1S/C16H17NO4/c1-3-20-15(19)9-13(18)10-21-14-6-4-5-12-8-7-11(2)17-16(12)14/h4-8H,3,9-10H2,1-2H3. The molecular formula is C16H17NO4. The van der Waals surface area contributed by atoms with Crippen LogP contribution in [0.1, 0.15) is 19.0 Å². The van der Waals surface area contributed by atoms with Crippen LogP contribution < -0.4 is 4.74 Å². The Labute approximate surface area is 122 Å². The van der Waals surface area contributed by atoms with Crippen LogP contribution in [0.15, 0.2) is 30.3 Å². The van der Waals surface area contributed by atoms with E-state index in [1.165, 1.54) is 0 Å². The number of hydrogen-bond acceptors (Lipinski definition) is 5. The number of nitrogens with zero attached hydrogens (tertiary/aromatic N) is 1. The second-order valence-corrected chi connectivity index (χ2v) is 4.59. The third kappa shape index (κ3) is 4.02. The largest absolute Gasteiger partial charge is 0.484 e. The van der Waals surface area contributed by atoms with Gasteiger partial charge in [0.2, 0.25) is 0 Å². The first-order valence-electron chi connectivity index (χ1n) is 6.76. The molecule has 0 saturated heterocycles. The zero-order valence-corrected chi connectivity index (χ0v) is 12.1. The number of pyridine rings is 1. The van der Waals surface area contributed by atoms with Gasteiger partial charge in [-0.3, -0.25) is 9.59 Å². The first-order chi connectivity index (χ1) is 10.1. The van der Waals surface area contributed by atoms with Gasteiger partial charge in [0.1, 0.15) is 24.3 Å². The number of esters is 1. The van der Waals surface area contributed by atoms with Crippen LogP contribution in [0, 0.1) is 6.92 Å². The molecule has 0 aliphatic heterocycles. The molecule has 1 heterocycles. The molecule has 0 spiro atoms. The van der Waals surface area contributed by atoms with Gasteiger partial charge in [-0.05, 0) is 26.0 Å². The van der Waals surface area contributed by atoms with E-state index in [9.17, 15) is 9.59 Å². The second-order valence-electron chi connectivity index (χ2n) is 4.59. The van der Waals surface area contributed by atoms with Crippen molar-refractivity contribution in [1.82, 2.24) is 4.98 Å². The lowest BCUT2D eigenvalue weighted by Gasteiger charge is -2.08. The molecule has 2 aromatic rings. The Bertz CT molecular complexity index is 666. The number of aryl methyl sites for hydroxylation is 1. The van der Waals surface area contributed by atoms with Gasteiger partial charge in [0.25, 0.3) is 0 Å². The normalized spacial score (nSPS) is 10.4. The Morgan fingerprint density at radius 3 is 2.76 bits per heavy atom. The lowest BCUT2D eigenvalue weighted by molar-refractivity contribution is -0.145. The van der Waals surface area contributed by atoms with Gasteiger partial charge in [-0.15, -0.1) is 0 Å². The molecule has 0 aliphatic rings. The van der Waals surface area contributed by atoms with E-state index in [0.29, 0.717) is 11.3 Å². The van der Waals surface area contributed by atoms with Crippen LogP contribution in [0.3, 0.4) is 0 Å². The number of Topliss-reactive ketones (excluding diaryl/α,β-unsaturated/α-hetero) is 1. The molecule has 110 valence electrons. The second kappa shape index (κ2) is 6.83. The first-order valence-corrected chi connectivity index (χ1v) is 6.76. The predicted octanol–water partition coefficient (Wildman–Crippen LogP) is 2.44. The fourth-order valence-corrected chi connectivity index (χ4v) is 1.92. The van der Waals surface area contributed by atoms with Crippen molar-refractivity contribution >= 4 is 22.7 Å². The van der Waals surface area contributed by atoms with Crippen molar-refractivity contribution in [3.05, 3.63) is 36.0 Å². The smallest absolute Gasteiger partial charge is 0.313 e. The summed E-state index contributed by atoms with van der Waals surface area (Å²) in [6.45, 7) is 3.68. The molecule has 0 atom stereocenters. The Hall–Kier alpha value is -2.43. The fraction of sp³-hybridized carbons (Fsp3) is 0.312. The van der Waals surface area contributed by atoms with Crippen molar-refractivity contribution in [3.8, 4) is 5.75 Å². The molecule has 0 bridgehead atoms. The predicted molar refractivity (Wildman–Crippen MR) is 78.2 cm³/mol. The summed E-state index contributed by atoms with van der Waals surface area (Å²) in [7, 11) is 0. The van der Waals surface area contributed by atoms with Crippen LogP contribution in [0.2, 0.25) is 0 Å². The van der Waals surface area contributed by atoms with Crippen LogP contribution >= 0.6 is 0 Å². The Morgan fingerprint density at radius 2 is 2.00 bits per heavy atom. The van der Waals surface area contributed by atoms with Gasteiger partial charge in [-0.25, -0.2) is 4.98 Å². The lowest BCUT2D eigenvalue weighted by atomic mass is 10.2. The zero-order valence-electron chi connectivity index (χ0n) is 12.1. The van der Waals surface area contributed by atoms with Crippen molar-refractivity contribution in [2.45, 2.75) is 20.3 Å². The highest BCUT2D eigenvalue weighted by molar-refractivity contribution is 5.96. The molecule has 0 aliphatic carbocycles. The number of hydrogen-bond donors (Lipinski definition) is 0. The highest BCUT2D eigenvalue weighted by Crippen LogP contribution is 2.23. The van der Waals surface area contributed by atoms with E-state index in [0.717, 1.165) is 11.1 Å². The highest BCUT2D eigenvalue weighted by Gasteiger charge is 2.12. The summed E-state index contributed by atoms with van der Waals surface area (Å²) in [4.78, 5) is 27.3. The molecule has 0 amide bonds. The van der Waals surface area contributed by atoms with Gasteiger partial charge >= 0.3 is 5.97 Å². The van der Waals surface area contributed by atoms with E-state index in [4.69, 9.17) is 9.47 Å². The van der Waals surface area contributed by atoms with Gasteiger partial charge in [0.15, 0.2) is 5.78 Å². The maximum atomic E-state index is 11.7. The SMILES string of the molecule is CCOC(=O)CC(=O)COc1cccc2ccc(C)nc12. The summed E-state index contributed by atoms with van der Waals surface area (Å²) >= 11 is 0. The van der Waals surface area contributed by atoms with E-state index < -0.39 is 5.97 Å². The quantitative estimate of drug-likeness (QED) is 0.603. The molecule has 0 unspecified atom stereocenters. The number of carbonyl (C=O) groups is 2. The number of fused-ring (bicyclic) bond motifs is 1. The third-order valence-electron chi connectivity index (χ3n) is 2.86. The molecule has 1 aromatic carbocycles. The Kier molecular flexibility index (Phi) is 4.87. The minimum absolute atomic E-state index is 0.173. The molecule has 0 fully saturated rings. The minimum Gasteiger partial charge on any atom is -0.484 e. The average Bonchev–Trinajstić information content (AvgIpc) is 2.45. The van der Waals surface area contributed by atoms with E-state index >= 15 is 0 Å². The third-order valence-corrected chi connectivity index (χ3v) is 2.86. The summed E-state index contributed by atoms with van der Waals surface area (Å²) in [6, 6.07) is 9.38. The summed E-state index contributed by atoms with van der Waals surface area (Å²) in [5, 5.41) is 0.941. The highest BCUT2D eigenvalue weighted by atomic mass is 16.5. The van der Waals surface area contributed by atoms with Gasteiger partial charge in [0.05, 0.1) is 6.61 Å². The van der Waals surface area contributed by atoms with Gasteiger partial charge in [-0.1, -0.05) is 18.2 Å². The number of ether oxygens (including phenoxy) is 2. The molecule has 2 rings (SSSR count). The summed E-state index contributed by atoms with van der Waals surface area (Å²) in [5.74, 6) is -0.315. The first kappa shape index (κ1) is 15.0. The number of ketones is 1. The molecule has 5 heteroatoms. The number of rotatable bonds is 6. The molecule has 21 heavy (non-hydrogen) atoms. The van der Waals surface area contributed by atoms with Crippen molar-refractivity contribution in [3.63, 3.8) is 0 Å². The van der Waals surface area contributed by atoms with Gasteiger partial charge < -0.3 is 9.47 Å². The number of benzene rings is 1. The van der Waals surface area contributed by atoms with Crippen molar-refractivity contribution < 1.29 is 19.1 Å². The van der Waals surface area contributed by atoms with Crippen molar-refractivity contribution in [2.24, 2.45) is 0 Å². The molecular weight excluding hydrogens is 270 g/mol. The monoisotopic (exact) mass is 287 g/mol. The lowest BCUT2D eigenvalue weighted by Crippen LogP contribution is -2.17. The summed E-state index contributed by atoms with van der Waals surface area (Å²) < 4.78 is 10.2. The minimum atomic E-state index is -0.530. The Balaban J connectivity index is 2.05. The number of aromatic nitrogens is 1. The fourth-order valence-electron chi connectivity index (χ4n) is 1.92. The summed E-state index contributed by atoms with van der Waals surface area (Å²) in [5.41, 5.74) is 1.58. The average molecular weight is 287 g/mol. The van der Waals surface area contributed by atoms with Crippen LogP contribution in [0.5, 0.6) is 5.75 Å². The number of carbonyl (C=O) groups excluding carboxylic acids is 2. The maximum Gasteiger partial charge on any atom is 0.313 e. The topological polar surface area (TPSA) is 65.5 Å². The zero-order chi connectivity index (χ0) is 15.2. The number of para-hydroxylation sites is 1. The van der Waals surface area contributed by atoms with Crippen LogP contribution in [-0.2, 0) is 14.3 Å². The van der Waals surface area contributed by atoms with Crippen molar-refractivity contribution in [2.75, 3.05) is 13.2 Å². The van der Waals surface area contributed by atoms with Crippen LogP contribution in [0.4, 0.5) is 0 Å². The van der Waals surface area contributed by atoms with Crippen LogP contribution in [-0.4, -0.2) is 30.0 Å².